The minimum atomic E-state index is -0.359. The first-order valence-electron chi connectivity index (χ1n) is 5.16. The summed E-state index contributed by atoms with van der Waals surface area (Å²) in [6.45, 7) is 1.98. The molecule has 0 atom stereocenters. The van der Waals surface area contributed by atoms with E-state index in [1.54, 1.807) is 12.1 Å². The fourth-order valence-corrected chi connectivity index (χ4v) is 2.03. The summed E-state index contributed by atoms with van der Waals surface area (Å²) in [5.41, 5.74) is 1.48. The molecular formula is C12H10ClFN2S. The molecule has 1 aromatic carbocycles. The fraction of sp³-hybridized carbons (Fsp3) is 0.167. The van der Waals surface area contributed by atoms with Gasteiger partial charge in [-0.25, -0.2) is 9.37 Å². The van der Waals surface area contributed by atoms with Crippen LogP contribution < -0.4 is 0 Å². The molecule has 88 valence electrons. The van der Waals surface area contributed by atoms with Crippen molar-refractivity contribution in [1.29, 1.82) is 0 Å². The van der Waals surface area contributed by atoms with Crippen molar-refractivity contribution in [3.05, 3.63) is 45.6 Å². The molecule has 0 fully saturated rings. The zero-order valence-electron chi connectivity index (χ0n) is 9.13. The highest BCUT2D eigenvalue weighted by Crippen LogP contribution is 2.27. The second-order valence-electron chi connectivity index (χ2n) is 3.56. The Morgan fingerprint density at radius 1 is 1.41 bits per heavy atom. The smallest absolute Gasteiger partial charge is 0.130 e. The Morgan fingerprint density at radius 2 is 2.18 bits per heavy atom. The summed E-state index contributed by atoms with van der Waals surface area (Å²) in [7, 11) is 0. The van der Waals surface area contributed by atoms with E-state index in [4.69, 9.17) is 23.8 Å². The van der Waals surface area contributed by atoms with Gasteiger partial charge in [-0.2, -0.15) is 0 Å². The van der Waals surface area contributed by atoms with Crippen LogP contribution in [-0.4, -0.2) is 9.97 Å². The number of nitrogens with zero attached hydrogens (tertiary/aromatic N) is 1. The number of aryl methyl sites for hydroxylation is 1. The summed E-state index contributed by atoms with van der Waals surface area (Å²) < 4.78 is 13.5. The molecule has 0 saturated heterocycles. The molecule has 0 spiro atoms. The van der Waals surface area contributed by atoms with Crippen molar-refractivity contribution in [3.63, 3.8) is 0 Å². The van der Waals surface area contributed by atoms with Crippen molar-refractivity contribution in [2.24, 2.45) is 0 Å². The highest BCUT2D eigenvalue weighted by atomic mass is 35.5. The zero-order chi connectivity index (χ0) is 12.4. The van der Waals surface area contributed by atoms with Gasteiger partial charge in [0.2, 0.25) is 0 Å². The highest BCUT2D eigenvalue weighted by Gasteiger charge is 2.06. The molecule has 0 radical (unpaired) electrons. The van der Waals surface area contributed by atoms with Crippen LogP contribution in [-0.2, 0) is 6.42 Å². The molecule has 0 bridgehead atoms. The van der Waals surface area contributed by atoms with Crippen molar-refractivity contribution in [1.82, 2.24) is 9.97 Å². The monoisotopic (exact) mass is 268 g/mol. The van der Waals surface area contributed by atoms with E-state index in [2.05, 4.69) is 9.97 Å². The number of benzene rings is 1. The first-order chi connectivity index (χ1) is 8.10. The molecule has 2 nitrogen and oxygen atoms in total. The Bertz CT molecular complexity index is 610. The van der Waals surface area contributed by atoms with Crippen LogP contribution in [0.1, 0.15) is 12.7 Å². The van der Waals surface area contributed by atoms with Crippen LogP contribution in [0.4, 0.5) is 4.39 Å². The van der Waals surface area contributed by atoms with E-state index < -0.39 is 0 Å². The Hall–Kier alpha value is -1.26. The Morgan fingerprint density at radius 3 is 2.82 bits per heavy atom. The van der Waals surface area contributed by atoms with Gasteiger partial charge in [-0.05, 0) is 24.3 Å². The maximum atomic E-state index is 13.0. The Kier molecular flexibility index (Phi) is 3.54. The van der Waals surface area contributed by atoms with Crippen LogP contribution in [0.3, 0.4) is 0 Å². The molecule has 0 aliphatic carbocycles. The second-order valence-corrected chi connectivity index (χ2v) is 4.38. The van der Waals surface area contributed by atoms with E-state index >= 15 is 0 Å². The lowest BCUT2D eigenvalue weighted by molar-refractivity contribution is 0.628. The number of halogens is 2. The predicted octanol–water partition coefficient (Wildman–Crippen LogP) is 4.16. The maximum Gasteiger partial charge on any atom is 0.130 e. The van der Waals surface area contributed by atoms with Crippen LogP contribution in [0.15, 0.2) is 24.3 Å². The number of aromatic nitrogens is 2. The Labute approximate surface area is 108 Å². The highest BCUT2D eigenvalue weighted by molar-refractivity contribution is 7.71. The summed E-state index contributed by atoms with van der Waals surface area (Å²) in [6, 6.07) is 5.98. The third-order valence-corrected chi connectivity index (χ3v) is 2.87. The number of H-pyrrole nitrogens is 1. The average Bonchev–Trinajstić information content (AvgIpc) is 2.28. The summed E-state index contributed by atoms with van der Waals surface area (Å²) in [5.74, 6) is 0.426. The molecule has 1 N–H and O–H groups in total. The van der Waals surface area contributed by atoms with E-state index in [1.165, 1.54) is 12.1 Å². The van der Waals surface area contributed by atoms with Crippen molar-refractivity contribution < 1.29 is 4.39 Å². The quantitative estimate of drug-likeness (QED) is 0.829. The lowest BCUT2D eigenvalue weighted by Gasteiger charge is -2.06. The molecule has 2 rings (SSSR count). The molecule has 17 heavy (non-hydrogen) atoms. The minimum Gasteiger partial charge on any atom is -0.343 e. The topological polar surface area (TPSA) is 28.7 Å². The summed E-state index contributed by atoms with van der Waals surface area (Å²) in [6.07, 6.45) is 0.746. The normalized spacial score (nSPS) is 10.5. The molecule has 2 aromatic rings. The number of hydrogen-bond donors (Lipinski definition) is 1. The summed E-state index contributed by atoms with van der Waals surface area (Å²) in [5, 5.41) is 0.351. The van der Waals surface area contributed by atoms with Gasteiger partial charge >= 0.3 is 0 Å². The van der Waals surface area contributed by atoms with Gasteiger partial charge in [0.05, 0.1) is 10.7 Å². The van der Waals surface area contributed by atoms with E-state index in [1.807, 2.05) is 6.92 Å². The van der Waals surface area contributed by atoms with E-state index in [9.17, 15) is 4.39 Å². The second kappa shape index (κ2) is 4.94. The SMILES string of the molecule is CCc1nc(=S)cc(-c2ccc(F)cc2Cl)[nH]1. The van der Waals surface area contributed by atoms with Gasteiger partial charge in [-0.1, -0.05) is 30.7 Å². The lowest BCUT2D eigenvalue weighted by atomic mass is 10.1. The number of rotatable bonds is 2. The summed E-state index contributed by atoms with van der Waals surface area (Å²) >= 11 is 11.1. The molecule has 0 saturated carbocycles. The predicted molar refractivity (Wildman–Crippen MR) is 69.2 cm³/mol. The zero-order valence-corrected chi connectivity index (χ0v) is 10.7. The summed E-state index contributed by atoms with van der Waals surface area (Å²) in [4.78, 5) is 7.29. The van der Waals surface area contributed by atoms with E-state index in [-0.39, 0.29) is 5.82 Å². The van der Waals surface area contributed by atoms with Crippen LogP contribution in [0.2, 0.25) is 5.02 Å². The van der Waals surface area contributed by atoms with Crippen LogP contribution >= 0.6 is 23.8 Å². The van der Waals surface area contributed by atoms with Gasteiger partial charge < -0.3 is 4.98 Å². The van der Waals surface area contributed by atoms with Gasteiger partial charge in [-0.15, -0.1) is 0 Å². The molecule has 0 aliphatic rings. The van der Waals surface area contributed by atoms with Gasteiger partial charge in [0.15, 0.2) is 0 Å². The molecule has 0 amide bonds. The van der Waals surface area contributed by atoms with Crippen molar-refractivity contribution in [2.45, 2.75) is 13.3 Å². The molecule has 0 unspecified atom stereocenters. The van der Waals surface area contributed by atoms with Gasteiger partial charge in [0.25, 0.3) is 0 Å². The fourth-order valence-electron chi connectivity index (χ4n) is 1.53. The van der Waals surface area contributed by atoms with Gasteiger partial charge in [-0.3, -0.25) is 0 Å². The third-order valence-electron chi connectivity index (χ3n) is 2.35. The number of nitrogens with one attached hydrogen (secondary N) is 1. The van der Waals surface area contributed by atoms with Gasteiger partial charge in [0.1, 0.15) is 16.3 Å². The molecule has 5 heteroatoms. The molecule has 0 aliphatic heterocycles. The lowest BCUT2D eigenvalue weighted by Crippen LogP contribution is -1.96. The average molecular weight is 269 g/mol. The van der Waals surface area contributed by atoms with Crippen LogP contribution in [0.25, 0.3) is 11.3 Å². The van der Waals surface area contributed by atoms with Gasteiger partial charge in [0, 0.05) is 12.0 Å². The van der Waals surface area contributed by atoms with Crippen LogP contribution in [0, 0.1) is 10.5 Å². The minimum absolute atomic E-state index is 0.351. The first-order valence-corrected chi connectivity index (χ1v) is 5.94. The third kappa shape index (κ3) is 2.70. The molecule has 1 heterocycles. The molecule has 1 aromatic heterocycles. The van der Waals surface area contributed by atoms with Crippen molar-refractivity contribution in [2.75, 3.05) is 0 Å². The first kappa shape index (κ1) is 12.2. The van der Waals surface area contributed by atoms with E-state index in [0.717, 1.165) is 23.5 Å². The van der Waals surface area contributed by atoms with Crippen LogP contribution in [0.5, 0.6) is 0 Å². The van der Waals surface area contributed by atoms with E-state index in [0.29, 0.717) is 9.66 Å². The maximum absolute atomic E-state index is 13.0. The standard InChI is InChI=1S/C12H10ClFN2S/c1-2-11-15-10(6-12(17)16-11)8-4-3-7(14)5-9(8)13/h3-6H,2H2,1H3,(H,15,16,17). The number of hydrogen-bond acceptors (Lipinski definition) is 2. The number of aromatic amines is 1. The van der Waals surface area contributed by atoms with Crippen molar-refractivity contribution in [3.8, 4) is 11.3 Å². The largest absolute Gasteiger partial charge is 0.343 e. The molecular weight excluding hydrogens is 259 g/mol. The van der Waals surface area contributed by atoms with Crippen molar-refractivity contribution >= 4 is 23.8 Å². The Balaban J connectivity index is 2.60.